The van der Waals surface area contributed by atoms with Crippen LogP contribution in [-0.2, 0) is 11.2 Å². The first-order chi connectivity index (χ1) is 6.86. The summed E-state index contributed by atoms with van der Waals surface area (Å²) in [7, 11) is 1.75. The lowest BCUT2D eigenvalue weighted by molar-refractivity contribution is 0.183. The molecule has 0 amide bonds. The molecular formula is C10H18N2OS. The fraction of sp³-hybridized carbons (Fsp3) is 0.700. The molecule has 1 unspecified atom stereocenters. The Morgan fingerprint density at radius 1 is 1.64 bits per heavy atom. The van der Waals surface area contributed by atoms with Gasteiger partial charge in [-0.05, 0) is 19.4 Å². The highest BCUT2D eigenvalue weighted by atomic mass is 32.1. The lowest BCUT2D eigenvalue weighted by Gasteiger charge is -2.16. The molecule has 1 rings (SSSR count). The average molecular weight is 214 g/mol. The Labute approximate surface area is 89.5 Å². The van der Waals surface area contributed by atoms with E-state index in [2.05, 4.69) is 17.2 Å². The van der Waals surface area contributed by atoms with Crippen LogP contribution in [0.25, 0.3) is 0 Å². The number of likely N-dealkylation sites (N-methyl/N-ethyl adjacent to an activating group) is 1. The summed E-state index contributed by atoms with van der Waals surface area (Å²) in [4.78, 5) is 5.41. The van der Waals surface area contributed by atoms with Crippen LogP contribution in [-0.4, -0.2) is 31.3 Å². The molecule has 3 nitrogen and oxygen atoms in total. The van der Waals surface area contributed by atoms with Crippen molar-refractivity contribution in [1.82, 2.24) is 10.3 Å². The Morgan fingerprint density at radius 2 is 2.50 bits per heavy atom. The summed E-state index contributed by atoms with van der Waals surface area (Å²) < 4.78 is 5.09. The molecule has 1 atom stereocenters. The summed E-state index contributed by atoms with van der Waals surface area (Å²) in [5.41, 5.74) is 1.88. The highest BCUT2D eigenvalue weighted by Gasteiger charge is 2.08. The zero-order valence-corrected chi connectivity index (χ0v) is 9.64. The highest BCUT2D eigenvalue weighted by molar-refractivity contribution is 7.09. The number of methoxy groups -OCH3 is 1. The fourth-order valence-electron chi connectivity index (χ4n) is 1.41. The predicted octanol–water partition coefficient (Wildman–Crippen LogP) is 1.70. The maximum atomic E-state index is 5.09. The van der Waals surface area contributed by atoms with E-state index in [-0.39, 0.29) is 0 Å². The van der Waals surface area contributed by atoms with E-state index >= 15 is 0 Å². The van der Waals surface area contributed by atoms with Crippen molar-refractivity contribution in [2.45, 2.75) is 25.8 Å². The minimum atomic E-state index is 0.514. The van der Waals surface area contributed by atoms with E-state index in [9.17, 15) is 0 Å². The summed E-state index contributed by atoms with van der Waals surface area (Å²) in [6, 6.07) is 0.514. The van der Waals surface area contributed by atoms with Crippen LogP contribution in [0.4, 0.5) is 0 Å². The normalized spacial score (nSPS) is 13.0. The molecule has 1 aromatic rings. The third-order valence-electron chi connectivity index (χ3n) is 2.09. The van der Waals surface area contributed by atoms with Crippen molar-refractivity contribution in [1.29, 1.82) is 0 Å². The Balaban J connectivity index is 2.34. The zero-order valence-electron chi connectivity index (χ0n) is 8.82. The second kappa shape index (κ2) is 6.92. The summed E-state index contributed by atoms with van der Waals surface area (Å²) >= 11 is 1.72. The molecule has 0 aromatic carbocycles. The first-order valence-electron chi connectivity index (χ1n) is 4.96. The molecule has 0 aliphatic carbocycles. The van der Waals surface area contributed by atoms with Gasteiger partial charge in [0.1, 0.15) is 0 Å². The van der Waals surface area contributed by atoms with Gasteiger partial charge < -0.3 is 10.1 Å². The number of thiazole rings is 1. The van der Waals surface area contributed by atoms with Crippen molar-refractivity contribution in [3.05, 3.63) is 16.6 Å². The van der Waals surface area contributed by atoms with Crippen LogP contribution >= 0.6 is 11.3 Å². The van der Waals surface area contributed by atoms with Gasteiger partial charge in [-0.2, -0.15) is 0 Å². The van der Waals surface area contributed by atoms with Crippen LogP contribution < -0.4 is 5.32 Å². The maximum Gasteiger partial charge on any atom is 0.0794 e. The van der Waals surface area contributed by atoms with E-state index in [0.717, 1.165) is 26.0 Å². The fourth-order valence-corrected chi connectivity index (χ4v) is 2.09. The topological polar surface area (TPSA) is 34.1 Å². The molecule has 0 bridgehead atoms. The van der Waals surface area contributed by atoms with E-state index in [4.69, 9.17) is 4.74 Å². The number of aromatic nitrogens is 1. The van der Waals surface area contributed by atoms with Crippen LogP contribution in [0.1, 0.15) is 18.2 Å². The van der Waals surface area contributed by atoms with Crippen LogP contribution in [0.3, 0.4) is 0 Å². The number of hydrogen-bond acceptors (Lipinski definition) is 4. The molecule has 80 valence electrons. The molecule has 1 aromatic heterocycles. The second-order valence-corrected chi connectivity index (χ2v) is 4.18. The van der Waals surface area contributed by atoms with Gasteiger partial charge in [0.2, 0.25) is 0 Å². The molecule has 4 heteroatoms. The van der Waals surface area contributed by atoms with Gasteiger partial charge in [0.25, 0.3) is 0 Å². The quantitative estimate of drug-likeness (QED) is 0.750. The van der Waals surface area contributed by atoms with Crippen molar-refractivity contribution in [3.8, 4) is 0 Å². The largest absolute Gasteiger partial charge is 0.385 e. The number of hydrogen-bond donors (Lipinski definition) is 1. The zero-order chi connectivity index (χ0) is 10.2. The van der Waals surface area contributed by atoms with E-state index in [1.54, 1.807) is 18.4 Å². The Morgan fingerprint density at radius 3 is 3.07 bits per heavy atom. The first kappa shape index (κ1) is 11.6. The van der Waals surface area contributed by atoms with E-state index in [1.165, 1.54) is 4.88 Å². The molecule has 0 fully saturated rings. The molecule has 0 aliphatic heterocycles. The minimum Gasteiger partial charge on any atom is -0.385 e. The maximum absolute atomic E-state index is 5.09. The van der Waals surface area contributed by atoms with Crippen molar-refractivity contribution in [2.24, 2.45) is 0 Å². The Kier molecular flexibility index (Phi) is 5.75. The van der Waals surface area contributed by atoms with Gasteiger partial charge in [-0.15, -0.1) is 11.3 Å². The summed E-state index contributed by atoms with van der Waals surface area (Å²) in [6.07, 6.45) is 4.06. The number of rotatable bonds is 7. The van der Waals surface area contributed by atoms with E-state index < -0.39 is 0 Å². The summed E-state index contributed by atoms with van der Waals surface area (Å²) in [5.74, 6) is 0. The van der Waals surface area contributed by atoms with Crippen LogP contribution in [0, 0.1) is 0 Å². The molecule has 1 heterocycles. The lowest BCUT2D eigenvalue weighted by atomic mass is 10.1. The predicted molar refractivity (Wildman–Crippen MR) is 59.8 cm³/mol. The molecule has 0 saturated heterocycles. The highest BCUT2D eigenvalue weighted by Crippen LogP contribution is 2.10. The Bertz CT molecular complexity index is 226. The molecule has 1 N–H and O–H groups in total. The molecule has 14 heavy (non-hydrogen) atoms. The summed E-state index contributed by atoms with van der Waals surface area (Å²) in [6.45, 7) is 3.95. The number of nitrogens with zero attached hydrogens (tertiary/aromatic N) is 1. The van der Waals surface area contributed by atoms with Gasteiger partial charge in [0.15, 0.2) is 0 Å². The van der Waals surface area contributed by atoms with Crippen LogP contribution in [0.15, 0.2) is 11.7 Å². The molecular weight excluding hydrogens is 196 g/mol. The van der Waals surface area contributed by atoms with E-state index in [0.29, 0.717) is 6.04 Å². The van der Waals surface area contributed by atoms with Crippen molar-refractivity contribution in [2.75, 3.05) is 20.3 Å². The van der Waals surface area contributed by atoms with Gasteiger partial charge in [-0.3, -0.25) is 4.98 Å². The van der Waals surface area contributed by atoms with Gasteiger partial charge >= 0.3 is 0 Å². The Hall–Kier alpha value is -0.450. The standard InChI is InChI=1S/C10H18N2OS/c1-3-12-9(4-5-13-2)6-10-7-11-8-14-10/h7-9,12H,3-6H2,1-2H3. The van der Waals surface area contributed by atoms with Gasteiger partial charge in [0, 0.05) is 30.8 Å². The third kappa shape index (κ3) is 4.17. The molecule has 0 saturated carbocycles. The SMILES string of the molecule is CCNC(CCOC)Cc1cncs1. The third-order valence-corrected chi connectivity index (χ3v) is 2.90. The van der Waals surface area contributed by atoms with E-state index in [1.807, 2.05) is 11.7 Å². The first-order valence-corrected chi connectivity index (χ1v) is 5.84. The van der Waals surface area contributed by atoms with Crippen molar-refractivity contribution >= 4 is 11.3 Å². The monoisotopic (exact) mass is 214 g/mol. The van der Waals surface area contributed by atoms with Crippen LogP contribution in [0.5, 0.6) is 0 Å². The van der Waals surface area contributed by atoms with Gasteiger partial charge in [-0.1, -0.05) is 6.92 Å². The summed E-state index contributed by atoms with van der Waals surface area (Å²) in [5, 5.41) is 3.45. The smallest absolute Gasteiger partial charge is 0.0794 e. The second-order valence-electron chi connectivity index (χ2n) is 3.21. The van der Waals surface area contributed by atoms with Crippen molar-refractivity contribution < 1.29 is 4.74 Å². The lowest BCUT2D eigenvalue weighted by Crippen LogP contribution is -2.31. The number of nitrogens with one attached hydrogen (secondary N) is 1. The minimum absolute atomic E-state index is 0.514. The van der Waals surface area contributed by atoms with Gasteiger partial charge in [0.05, 0.1) is 5.51 Å². The number of ether oxygens (including phenoxy) is 1. The van der Waals surface area contributed by atoms with Crippen molar-refractivity contribution in [3.63, 3.8) is 0 Å². The molecule has 0 aliphatic rings. The van der Waals surface area contributed by atoms with Gasteiger partial charge in [-0.25, -0.2) is 0 Å². The van der Waals surface area contributed by atoms with Crippen LogP contribution in [0.2, 0.25) is 0 Å². The molecule has 0 radical (unpaired) electrons. The average Bonchev–Trinajstić information content (AvgIpc) is 2.67. The molecule has 0 spiro atoms.